The summed E-state index contributed by atoms with van der Waals surface area (Å²) in [6.07, 6.45) is 1.69. The van der Waals surface area contributed by atoms with Crippen LogP contribution in [0.5, 0.6) is 17.2 Å². The van der Waals surface area contributed by atoms with E-state index in [-0.39, 0.29) is 35.9 Å². The Bertz CT molecular complexity index is 1300. The van der Waals surface area contributed by atoms with Crippen molar-refractivity contribution in [2.45, 2.75) is 38.6 Å². The van der Waals surface area contributed by atoms with E-state index in [4.69, 9.17) is 19.6 Å². The molecule has 0 unspecified atom stereocenters. The van der Waals surface area contributed by atoms with Crippen molar-refractivity contribution in [2.75, 3.05) is 6.79 Å². The number of rotatable bonds is 8. The molecule has 0 aliphatic carbocycles. The molecule has 0 saturated heterocycles. The van der Waals surface area contributed by atoms with Crippen molar-refractivity contribution in [1.29, 1.82) is 0 Å². The summed E-state index contributed by atoms with van der Waals surface area (Å²) in [7, 11) is 0. The van der Waals surface area contributed by atoms with Gasteiger partial charge in [-0.3, -0.25) is 14.4 Å². The smallest absolute Gasteiger partial charge is 0.240 e. The van der Waals surface area contributed by atoms with Crippen LogP contribution in [0.1, 0.15) is 43.7 Å². The van der Waals surface area contributed by atoms with Gasteiger partial charge in [0.05, 0.1) is 11.6 Å². The molecule has 9 heteroatoms. The number of nitrogens with two attached hydrogens (primary N) is 1. The number of hydrogen-bond donors (Lipinski definition) is 3. The second kappa shape index (κ2) is 9.46. The highest BCUT2D eigenvalue weighted by molar-refractivity contribution is 5.87. The molecule has 1 aromatic heterocycles. The number of amides is 2. The average Bonchev–Trinajstić information content (AvgIpc) is 3.28. The van der Waals surface area contributed by atoms with Crippen LogP contribution in [0.15, 0.2) is 51.9 Å². The molecule has 0 bridgehead atoms. The molecule has 4 rings (SSSR count). The van der Waals surface area contributed by atoms with Crippen molar-refractivity contribution < 1.29 is 28.6 Å². The van der Waals surface area contributed by atoms with E-state index in [0.717, 1.165) is 0 Å². The van der Waals surface area contributed by atoms with Gasteiger partial charge in [0.15, 0.2) is 16.9 Å². The zero-order chi connectivity index (χ0) is 24.4. The van der Waals surface area contributed by atoms with E-state index in [9.17, 15) is 19.5 Å². The van der Waals surface area contributed by atoms with Gasteiger partial charge in [0.2, 0.25) is 18.6 Å². The molecule has 3 aromatic rings. The van der Waals surface area contributed by atoms with Crippen molar-refractivity contribution in [1.82, 2.24) is 5.32 Å². The number of primary amides is 1. The largest absolute Gasteiger partial charge is 0.508 e. The van der Waals surface area contributed by atoms with Gasteiger partial charge in [-0.15, -0.1) is 0 Å². The number of aromatic hydroxyl groups is 1. The second-order valence-corrected chi connectivity index (χ2v) is 8.37. The SMILES string of the molecule is CC[C@H](C)[C@H](NC(=O)C[C@@H](c1cc2c(cc1O)OCO2)c1coc2ccccc2c1=O)C(N)=O. The van der Waals surface area contributed by atoms with Gasteiger partial charge in [-0.25, -0.2) is 0 Å². The number of hydrogen-bond acceptors (Lipinski definition) is 7. The number of para-hydroxylation sites is 1. The van der Waals surface area contributed by atoms with Gasteiger partial charge >= 0.3 is 0 Å². The van der Waals surface area contributed by atoms with Crippen LogP contribution in [0.4, 0.5) is 0 Å². The van der Waals surface area contributed by atoms with Gasteiger partial charge in [-0.2, -0.15) is 0 Å². The normalized spacial score (nSPS) is 15.0. The van der Waals surface area contributed by atoms with Crippen molar-refractivity contribution in [3.63, 3.8) is 0 Å². The fraction of sp³-hybridized carbons (Fsp3) is 0.320. The Morgan fingerprint density at radius 3 is 2.56 bits per heavy atom. The number of nitrogens with one attached hydrogen (secondary N) is 1. The molecule has 4 N–H and O–H groups in total. The van der Waals surface area contributed by atoms with Crippen LogP contribution in [0.2, 0.25) is 0 Å². The molecule has 2 heterocycles. The lowest BCUT2D eigenvalue weighted by Crippen LogP contribution is -2.48. The number of ether oxygens (including phenoxy) is 2. The van der Waals surface area contributed by atoms with E-state index in [2.05, 4.69) is 5.32 Å². The van der Waals surface area contributed by atoms with Crippen molar-refractivity contribution >= 4 is 22.8 Å². The summed E-state index contributed by atoms with van der Waals surface area (Å²) in [6.45, 7) is 3.70. The molecule has 34 heavy (non-hydrogen) atoms. The predicted octanol–water partition coefficient (Wildman–Crippen LogP) is 2.77. The number of benzene rings is 2. The van der Waals surface area contributed by atoms with Gasteiger partial charge in [0.25, 0.3) is 0 Å². The van der Waals surface area contributed by atoms with Crippen LogP contribution in [0, 0.1) is 5.92 Å². The summed E-state index contributed by atoms with van der Waals surface area (Å²) in [4.78, 5) is 38.3. The first-order chi connectivity index (χ1) is 16.3. The van der Waals surface area contributed by atoms with Crippen LogP contribution < -0.4 is 26.0 Å². The average molecular weight is 466 g/mol. The van der Waals surface area contributed by atoms with Gasteiger partial charge in [-0.05, 0) is 24.1 Å². The number of carbonyl (C=O) groups is 2. The highest BCUT2D eigenvalue weighted by atomic mass is 16.7. The molecule has 0 saturated carbocycles. The predicted molar refractivity (Wildman–Crippen MR) is 124 cm³/mol. The highest BCUT2D eigenvalue weighted by Gasteiger charge is 2.30. The van der Waals surface area contributed by atoms with Crippen LogP contribution in [-0.4, -0.2) is 29.8 Å². The lowest BCUT2D eigenvalue weighted by Gasteiger charge is -2.23. The van der Waals surface area contributed by atoms with E-state index in [0.29, 0.717) is 34.5 Å². The molecular formula is C25H26N2O7. The summed E-state index contributed by atoms with van der Waals surface area (Å²) in [6, 6.07) is 8.83. The van der Waals surface area contributed by atoms with Crippen molar-refractivity contribution in [2.24, 2.45) is 11.7 Å². The highest BCUT2D eigenvalue weighted by Crippen LogP contribution is 2.42. The Kier molecular flexibility index (Phi) is 6.45. The Hall–Kier alpha value is -4.01. The van der Waals surface area contributed by atoms with E-state index >= 15 is 0 Å². The molecule has 0 fully saturated rings. The van der Waals surface area contributed by atoms with Gasteiger partial charge in [-0.1, -0.05) is 32.4 Å². The lowest BCUT2D eigenvalue weighted by molar-refractivity contribution is -0.128. The molecule has 9 nitrogen and oxygen atoms in total. The first kappa shape index (κ1) is 23.2. The van der Waals surface area contributed by atoms with Crippen LogP contribution in [0.25, 0.3) is 11.0 Å². The molecule has 0 spiro atoms. The Labute approximate surface area is 195 Å². The summed E-state index contributed by atoms with van der Waals surface area (Å²) in [5, 5.41) is 13.8. The topological polar surface area (TPSA) is 141 Å². The minimum absolute atomic E-state index is 0.00328. The first-order valence-electron chi connectivity index (χ1n) is 11.0. The minimum Gasteiger partial charge on any atom is -0.508 e. The van der Waals surface area contributed by atoms with E-state index in [1.165, 1.54) is 12.3 Å². The van der Waals surface area contributed by atoms with Crippen molar-refractivity contribution in [3.8, 4) is 17.2 Å². The summed E-state index contributed by atoms with van der Waals surface area (Å²) < 4.78 is 16.4. The van der Waals surface area contributed by atoms with Crippen LogP contribution in [0.3, 0.4) is 0 Å². The number of phenols is 1. The fourth-order valence-corrected chi connectivity index (χ4v) is 4.09. The standard InChI is InChI=1S/C25H26N2O7/c1-3-13(2)23(25(26)31)27-22(29)9-15(16-8-20-21(10-18(16)28)34-12-33-20)17-11-32-19-7-5-4-6-14(19)24(17)30/h4-8,10-11,13,15,23,28H,3,9,12H2,1-2H3,(H2,26,31)(H,27,29)/t13-,15-,23-/m0/s1. The third-order valence-corrected chi connectivity index (χ3v) is 6.20. The maximum Gasteiger partial charge on any atom is 0.240 e. The monoisotopic (exact) mass is 466 g/mol. The molecular weight excluding hydrogens is 440 g/mol. The zero-order valence-corrected chi connectivity index (χ0v) is 18.9. The molecule has 178 valence electrons. The summed E-state index contributed by atoms with van der Waals surface area (Å²) >= 11 is 0. The van der Waals surface area contributed by atoms with Gasteiger partial charge in [0, 0.05) is 29.5 Å². The van der Waals surface area contributed by atoms with E-state index in [1.807, 2.05) is 13.8 Å². The molecule has 2 amide bonds. The van der Waals surface area contributed by atoms with Gasteiger partial charge in [0.1, 0.15) is 17.4 Å². The third kappa shape index (κ3) is 4.41. The number of carbonyl (C=O) groups excluding carboxylic acids is 2. The molecule has 1 aliphatic heterocycles. The Morgan fingerprint density at radius 1 is 1.15 bits per heavy atom. The minimum atomic E-state index is -0.888. The van der Waals surface area contributed by atoms with Crippen LogP contribution >= 0.6 is 0 Å². The summed E-state index contributed by atoms with van der Waals surface area (Å²) in [5.74, 6) is -1.62. The first-order valence-corrected chi connectivity index (χ1v) is 11.0. The van der Waals surface area contributed by atoms with Crippen molar-refractivity contribution in [3.05, 3.63) is 64.0 Å². The van der Waals surface area contributed by atoms with E-state index in [1.54, 1.807) is 30.3 Å². The lowest BCUT2D eigenvalue weighted by atomic mass is 9.87. The third-order valence-electron chi connectivity index (χ3n) is 6.20. The maximum atomic E-state index is 13.4. The zero-order valence-electron chi connectivity index (χ0n) is 18.9. The Balaban J connectivity index is 1.77. The second-order valence-electron chi connectivity index (χ2n) is 8.37. The molecule has 0 radical (unpaired) electrons. The maximum absolute atomic E-state index is 13.4. The molecule has 1 aliphatic rings. The number of phenolic OH excluding ortho intramolecular Hbond substituents is 1. The van der Waals surface area contributed by atoms with E-state index < -0.39 is 23.8 Å². The Morgan fingerprint density at radius 2 is 1.85 bits per heavy atom. The summed E-state index contributed by atoms with van der Waals surface area (Å²) in [5.41, 5.74) is 6.05. The quantitative estimate of drug-likeness (QED) is 0.463. The van der Waals surface area contributed by atoms with Crippen LogP contribution in [-0.2, 0) is 9.59 Å². The molecule has 2 aromatic carbocycles. The van der Waals surface area contributed by atoms with Gasteiger partial charge < -0.3 is 30.0 Å². The molecule has 3 atom stereocenters. The fourth-order valence-electron chi connectivity index (χ4n) is 4.09. The number of fused-ring (bicyclic) bond motifs is 2.